The lowest BCUT2D eigenvalue weighted by Gasteiger charge is -2.17. The molecule has 1 atom stereocenters. The van der Waals surface area contributed by atoms with Gasteiger partial charge in [0.25, 0.3) is 0 Å². The Balaban J connectivity index is 0.000000431. The van der Waals surface area contributed by atoms with Gasteiger partial charge in [-0.2, -0.15) is 0 Å². The third-order valence-corrected chi connectivity index (χ3v) is 4.13. The Hall–Kier alpha value is -2.01. The smallest absolute Gasteiger partial charge is 0.313 e. The lowest BCUT2D eigenvalue weighted by Crippen LogP contribution is -2.17. The molecule has 3 rings (SSSR count). The van der Waals surface area contributed by atoms with Crippen molar-refractivity contribution in [2.45, 2.75) is 18.9 Å². The van der Waals surface area contributed by atoms with Gasteiger partial charge in [0.05, 0.1) is 0 Å². The predicted molar refractivity (Wildman–Crippen MR) is 105 cm³/mol. The van der Waals surface area contributed by atoms with E-state index in [0.29, 0.717) is 6.04 Å². The average molecular weight is 373 g/mol. The van der Waals surface area contributed by atoms with E-state index in [-0.39, 0.29) is 0 Å². The molecule has 0 aliphatic rings. The number of hydrogen-bond acceptors (Lipinski definition) is 2. The Bertz CT molecular complexity index is 850. The van der Waals surface area contributed by atoms with Crippen LogP contribution in [0.5, 0.6) is 0 Å². The van der Waals surface area contributed by atoms with E-state index in [1.165, 1.54) is 21.9 Å². The molecular formula is C20H24NO4P. The number of phosphoric acid groups is 1. The monoisotopic (exact) mass is 373 g/mol. The Morgan fingerprint density at radius 1 is 0.885 bits per heavy atom. The summed E-state index contributed by atoms with van der Waals surface area (Å²) in [5.74, 6) is 0. The van der Waals surface area contributed by atoms with E-state index in [2.05, 4.69) is 78.1 Å². The Labute approximate surface area is 153 Å². The molecule has 3 aromatic carbocycles. The maximum Gasteiger partial charge on any atom is 0.466 e. The van der Waals surface area contributed by atoms with E-state index >= 15 is 0 Å². The molecule has 0 fully saturated rings. The van der Waals surface area contributed by atoms with Crippen LogP contribution in [0.15, 0.2) is 72.8 Å². The third kappa shape index (κ3) is 6.71. The molecule has 0 amide bonds. The summed E-state index contributed by atoms with van der Waals surface area (Å²) in [6.45, 7) is 0. The van der Waals surface area contributed by atoms with Gasteiger partial charge in [0.15, 0.2) is 0 Å². The summed E-state index contributed by atoms with van der Waals surface area (Å²) >= 11 is 0. The van der Waals surface area contributed by atoms with Crippen molar-refractivity contribution >= 4 is 18.6 Å². The fourth-order valence-electron chi connectivity index (χ4n) is 2.97. The zero-order chi connectivity index (χ0) is 19.0. The molecule has 3 aromatic rings. The van der Waals surface area contributed by atoms with Crippen LogP contribution in [0.1, 0.15) is 23.6 Å². The summed E-state index contributed by atoms with van der Waals surface area (Å²) < 4.78 is 8.88. The van der Waals surface area contributed by atoms with Gasteiger partial charge in [-0.3, -0.25) is 0 Å². The van der Waals surface area contributed by atoms with Gasteiger partial charge in [-0.1, -0.05) is 72.8 Å². The predicted octanol–water partition coefficient (Wildman–Crippen LogP) is 3.80. The van der Waals surface area contributed by atoms with Gasteiger partial charge in [-0.15, -0.1) is 0 Å². The quantitative estimate of drug-likeness (QED) is 0.511. The Kier molecular flexibility index (Phi) is 7.51. The van der Waals surface area contributed by atoms with E-state index in [0.717, 1.165) is 12.8 Å². The van der Waals surface area contributed by atoms with E-state index < -0.39 is 7.82 Å². The molecule has 0 saturated heterocycles. The molecule has 0 saturated carbocycles. The van der Waals surface area contributed by atoms with Gasteiger partial charge in [0, 0.05) is 6.04 Å². The lowest BCUT2D eigenvalue weighted by atomic mass is 9.96. The molecule has 0 spiro atoms. The topological polar surface area (TPSA) is 89.8 Å². The van der Waals surface area contributed by atoms with Crippen LogP contribution in [0.3, 0.4) is 0 Å². The van der Waals surface area contributed by atoms with Crippen LogP contribution in [-0.4, -0.2) is 21.7 Å². The van der Waals surface area contributed by atoms with E-state index in [9.17, 15) is 0 Å². The minimum Gasteiger partial charge on any atom is -0.313 e. The highest BCUT2D eigenvalue weighted by molar-refractivity contribution is 7.45. The van der Waals surface area contributed by atoms with Crippen LogP contribution in [-0.2, 0) is 11.0 Å². The van der Waals surface area contributed by atoms with Crippen molar-refractivity contribution in [3.05, 3.63) is 83.9 Å². The highest BCUT2D eigenvalue weighted by Gasteiger charge is 2.09. The summed E-state index contributed by atoms with van der Waals surface area (Å²) in [6, 6.07) is 26.3. The summed E-state index contributed by atoms with van der Waals surface area (Å²) in [5, 5.41) is 6.14. The largest absolute Gasteiger partial charge is 0.466 e. The van der Waals surface area contributed by atoms with Crippen LogP contribution in [0, 0.1) is 0 Å². The molecule has 0 aromatic heterocycles. The van der Waals surface area contributed by atoms with Crippen molar-refractivity contribution in [2.75, 3.05) is 7.05 Å². The average Bonchev–Trinajstić information content (AvgIpc) is 2.62. The van der Waals surface area contributed by atoms with Crippen LogP contribution < -0.4 is 5.32 Å². The summed E-state index contributed by atoms with van der Waals surface area (Å²) in [7, 11) is -2.60. The maximum atomic E-state index is 8.88. The maximum absolute atomic E-state index is 8.88. The summed E-state index contributed by atoms with van der Waals surface area (Å²) in [6.07, 6.45) is 2.19. The fraction of sp³-hybridized carbons (Fsp3) is 0.200. The molecule has 26 heavy (non-hydrogen) atoms. The van der Waals surface area contributed by atoms with Crippen LogP contribution in [0.4, 0.5) is 0 Å². The standard InChI is InChI=1S/C20H21N.H3O4P/c1-21-20(18-9-3-2-4-10-18)15-14-17-12-7-11-16-8-5-6-13-19(16)17;1-5(2,3)4/h2-13,20-21H,14-15H2,1H3;(H3,1,2,3,4). The normalized spacial score (nSPS) is 12.3. The van der Waals surface area contributed by atoms with Crippen LogP contribution >= 0.6 is 7.82 Å². The van der Waals surface area contributed by atoms with Crippen molar-refractivity contribution in [3.8, 4) is 0 Å². The van der Waals surface area contributed by atoms with Crippen molar-refractivity contribution in [3.63, 3.8) is 0 Å². The van der Waals surface area contributed by atoms with Gasteiger partial charge in [0.1, 0.15) is 0 Å². The molecule has 0 heterocycles. The number of hydrogen-bond donors (Lipinski definition) is 4. The van der Waals surface area contributed by atoms with E-state index in [1.54, 1.807) is 0 Å². The molecule has 4 N–H and O–H groups in total. The third-order valence-electron chi connectivity index (χ3n) is 4.13. The van der Waals surface area contributed by atoms with Crippen LogP contribution in [0.25, 0.3) is 10.8 Å². The highest BCUT2D eigenvalue weighted by Crippen LogP contribution is 2.26. The second-order valence-electron chi connectivity index (χ2n) is 5.94. The minimum atomic E-state index is -4.64. The van der Waals surface area contributed by atoms with Crippen LogP contribution in [0.2, 0.25) is 0 Å². The van der Waals surface area contributed by atoms with Crippen molar-refractivity contribution < 1.29 is 19.2 Å². The van der Waals surface area contributed by atoms with Gasteiger partial charge in [-0.25, -0.2) is 4.57 Å². The molecule has 5 nitrogen and oxygen atoms in total. The van der Waals surface area contributed by atoms with Gasteiger partial charge in [0.2, 0.25) is 0 Å². The Morgan fingerprint density at radius 2 is 1.46 bits per heavy atom. The van der Waals surface area contributed by atoms with E-state index in [1.807, 2.05) is 7.05 Å². The second kappa shape index (κ2) is 9.62. The van der Waals surface area contributed by atoms with Gasteiger partial charge in [-0.05, 0) is 41.8 Å². The second-order valence-corrected chi connectivity index (χ2v) is 6.97. The zero-order valence-corrected chi connectivity index (χ0v) is 15.5. The van der Waals surface area contributed by atoms with Crippen molar-refractivity contribution in [1.82, 2.24) is 5.32 Å². The van der Waals surface area contributed by atoms with E-state index in [4.69, 9.17) is 19.2 Å². The first-order valence-electron chi connectivity index (χ1n) is 8.35. The molecule has 0 aliphatic carbocycles. The first kappa shape index (κ1) is 20.3. The van der Waals surface area contributed by atoms with Gasteiger partial charge < -0.3 is 20.0 Å². The summed E-state index contributed by atoms with van der Waals surface area (Å²) in [4.78, 5) is 21.6. The molecule has 0 aliphatic heterocycles. The number of fused-ring (bicyclic) bond motifs is 1. The number of rotatable bonds is 5. The Morgan fingerprint density at radius 3 is 2.12 bits per heavy atom. The molecule has 138 valence electrons. The van der Waals surface area contributed by atoms with Crippen molar-refractivity contribution in [1.29, 1.82) is 0 Å². The molecule has 1 unspecified atom stereocenters. The number of nitrogens with one attached hydrogen (secondary N) is 1. The SMILES string of the molecule is CNC(CCc1cccc2ccccc12)c1ccccc1.O=P(O)(O)O. The minimum absolute atomic E-state index is 0.408. The molecular weight excluding hydrogens is 349 g/mol. The summed E-state index contributed by atoms with van der Waals surface area (Å²) in [5.41, 5.74) is 2.80. The fourth-order valence-corrected chi connectivity index (χ4v) is 2.97. The zero-order valence-electron chi connectivity index (χ0n) is 14.6. The number of aryl methyl sites for hydroxylation is 1. The number of benzene rings is 3. The molecule has 0 radical (unpaired) electrons. The molecule has 6 heteroatoms. The first-order chi connectivity index (χ1) is 12.4. The highest BCUT2D eigenvalue weighted by atomic mass is 31.2. The lowest BCUT2D eigenvalue weighted by molar-refractivity contribution is 0.275. The molecule has 0 bridgehead atoms. The van der Waals surface area contributed by atoms with Gasteiger partial charge >= 0.3 is 7.82 Å². The first-order valence-corrected chi connectivity index (χ1v) is 9.92. The van der Waals surface area contributed by atoms with Crippen molar-refractivity contribution in [2.24, 2.45) is 0 Å².